The van der Waals surface area contributed by atoms with Crippen LogP contribution in [0, 0.1) is 0 Å². The number of aromatic nitrogens is 3. The van der Waals surface area contributed by atoms with Crippen LogP contribution in [-0.4, -0.2) is 30.4 Å². The molecule has 0 bridgehead atoms. The number of thiophene rings is 1. The largest absolute Gasteiger partial charge is 0.857 e. The molecule has 0 unspecified atom stereocenters. The zero-order chi connectivity index (χ0) is 26.1. The summed E-state index contributed by atoms with van der Waals surface area (Å²) >= 11 is 1.20. The quantitative estimate of drug-likeness (QED) is 0.192. The Morgan fingerprint density at radius 3 is 2.49 bits per heavy atom. The summed E-state index contributed by atoms with van der Waals surface area (Å²) in [6.07, 6.45) is 1.58. The van der Waals surface area contributed by atoms with Crippen LogP contribution in [0.15, 0.2) is 70.3 Å². The van der Waals surface area contributed by atoms with Crippen LogP contribution in [0.1, 0.15) is 24.8 Å². The third-order valence-electron chi connectivity index (χ3n) is 5.87. The Labute approximate surface area is 217 Å². The first-order valence-corrected chi connectivity index (χ1v) is 12.4. The minimum atomic E-state index is -0.521. The highest BCUT2D eigenvalue weighted by atomic mass is 32.1. The van der Waals surface area contributed by atoms with E-state index in [4.69, 9.17) is 24.7 Å². The average molecular weight is 516 g/mol. The Kier molecular flexibility index (Phi) is 6.49. The molecule has 2 aromatic carbocycles. The van der Waals surface area contributed by atoms with Gasteiger partial charge >= 0.3 is 5.88 Å². The van der Waals surface area contributed by atoms with Gasteiger partial charge in [-0.2, -0.15) is 0 Å². The van der Waals surface area contributed by atoms with Crippen molar-refractivity contribution in [2.24, 2.45) is 4.99 Å². The molecule has 0 saturated carbocycles. The number of benzene rings is 2. The van der Waals surface area contributed by atoms with E-state index in [0.717, 1.165) is 22.4 Å². The van der Waals surface area contributed by atoms with E-state index in [1.54, 1.807) is 25.1 Å². The second kappa shape index (κ2) is 9.90. The monoisotopic (exact) mass is 515 g/mol. The molecule has 9 nitrogen and oxygen atoms in total. The number of nitrogens with zero attached hydrogens (tertiary/aromatic N) is 4. The molecule has 0 aliphatic carbocycles. The smallest absolute Gasteiger partial charge is 0.320 e. The Balaban J connectivity index is 1.71. The molecular weight excluding hydrogens is 490 g/mol. The number of fused-ring (bicyclic) bond motifs is 1. The van der Waals surface area contributed by atoms with Crippen LogP contribution in [0.3, 0.4) is 0 Å². The van der Waals surface area contributed by atoms with Gasteiger partial charge in [-0.3, -0.25) is 4.52 Å². The van der Waals surface area contributed by atoms with Crippen molar-refractivity contribution in [3.63, 3.8) is 0 Å². The van der Waals surface area contributed by atoms with E-state index in [9.17, 15) is 5.11 Å². The highest BCUT2D eigenvalue weighted by Gasteiger charge is 2.20. The molecule has 37 heavy (non-hydrogen) atoms. The van der Waals surface area contributed by atoms with E-state index in [2.05, 4.69) is 10.3 Å². The lowest BCUT2D eigenvalue weighted by Gasteiger charge is -2.12. The molecule has 0 fully saturated rings. The number of rotatable bonds is 7. The van der Waals surface area contributed by atoms with Crippen LogP contribution in [0.5, 0.6) is 11.5 Å². The summed E-state index contributed by atoms with van der Waals surface area (Å²) in [7, 11) is 3.17. The Hall–Kier alpha value is -4.44. The maximum absolute atomic E-state index is 13.2. The lowest BCUT2D eigenvalue weighted by Crippen LogP contribution is -2.36. The standard InChI is InChI=1S/C27H25N5O4S/c1-15(2)32-14-22(36-31-32)30-26(33)25-24(28)23-18(17-10-11-20(34-3)21(12-17)35-4)13-19(29-27(23)37-25)16-8-6-5-7-9-16/h5-15H,1-4H3,(H2-,28,30,31,33). The molecule has 0 aliphatic rings. The van der Waals surface area contributed by atoms with Crippen molar-refractivity contribution in [1.82, 2.24) is 10.3 Å². The fourth-order valence-corrected chi connectivity index (χ4v) is 4.97. The van der Waals surface area contributed by atoms with Crippen molar-refractivity contribution in [3.05, 3.63) is 65.7 Å². The van der Waals surface area contributed by atoms with Gasteiger partial charge in [0.2, 0.25) is 5.27 Å². The Bertz CT molecular complexity index is 1610. The van der Waals surface area contributed by atoms with Crippen LogP contribution in [0.25, 0.3) is 32.6 Å². The molecule has 2 N–H and O–H groups in total. The van der Waals surface area contributed by atoms with Crippen molar-refractivity contribution >= 4 is 39.0 Å². The van der Waals surface area contributed by atoms with Crippen LogP contribution < -0.4 is 25.0 Å². The summed E-state index contributed by atoms with van der Waals surface area (Å²) in [4.78, 5) is 9.86. The molecule has 5 aromatic rings. The van der Waals surface area contributed by atoms with E-state index >= 15 is 0 Å². The van der Waals surface area contributed by atoms with Gasteiger partial charge in [-0.25, -0.2) is 9.98 Å². The SMILES string of the molecule is COc1ccc(-c2cc(-c3ccccc3)nc3sc(/C([O-])=N/c4c[n+](C(C)C)no4)c(N)c23)cc1OC. The van der Waals surface area contributed by atoms with E-state index in [1.165, 1.54) is 11.3 Å². The molecule has 5 rings (SSSR count). The molecule has 0 spiro atoms. The molecule has 0 saturated heterocycles. The number of nitrogen functional groups attached to an aromatic ring is 1. The Morgan fingerprint density at radius 2 is 1.81 bits per heavy atom. The molecule has 0 radical (unpaired) electrons. The maximum Gasteiger partial charge on any atom is 0.320 e. The fourth-order valence-electron chi connectivity index (χ4n) is 3.96. The van der Waals surface area contributed by atoms with Crippen molar-refractivity contribution < 1.29 is 23.8 Å². The molecule has 0 aliphatic heterocycles. The molecule has 10 heteroatoms. The highest BCUT2D eigenvalue weighted by molar-refractivity contribution is 7.21. The molecule has 0 amide bonds. The fraction of sp³-hybridized carbons (Fsp3) is 0.185. The van der Waals surface area contributed by atoms with Crippen molar-refractivity contribution in [1.29, 1.82) is 0 Å². The van der Waals surface area contributed by atoms with Gasteiger partial charge in [-0.1, -0.05) is 36.4 Å². The zero-order valence-electron chi connectivity index (χ0n) is 20.8. The van der Waals surface area contributed by atoms with E-state index in [-0.39, 0.29) is 16.8 Å². The van der Waals surface area contributed by atoms with Crippen molar-refractivity contribution in [3.8, 4) is 33.9 Å². The first kappa shape index (κ1) is 24.3. The van der Waals surface area contributed by atoms with Crippen LogP contribution >= 0.6 is 11.3 Å². The molecule has 0 atom stereocenters. The van der Waals surface area contributed by atoms with Crippen LogP contribution in [-0.2, 0) is 0 Å². The normalized spacial score (nSPS) is 11.9. The third-order valence-corrected chi connectivity index (χ3v) is 6.96. The minimum absolute atomic E-state index is 0.0712. The van der Waals surface area contributed by atoms with Gasteiger partial charge in [0.25, 0.3) is 6.20 Å². The number of aliphatic imine (C=N–C) groups is 1. The van der Waals surface area contributed by atoms with Gasteiger partial charge in [0.05, 0.1) is 30.5 Å². The summed E-state index contributed by atoms with van der Waals surface area (Å²) in [5.41, 5.74) is 10.2. The predicted octanol–water partition coefficient (Wildman–Crippen LogP) is 4.52. The second-order valence-electron chi connectivity index (χ2n) is 8.55. The first-order chi connectivity index (χ1) is 17.9. The van der Waals surface area contributed by atoms with Gasteiger partial charge in [-0.15, -0.1) is 11.3 Å². The number of hydrogen-bond acceptors (Lipinski definition) is 9. The topological polar surface area (TPSA) is 123 Å². The molecule has 3 heterocycles. The Morgan fingerprint density at radius 1 is 1.05 bits per heavy atom. The van der Waals surface area contributed by atoms with Crippen molar-refractivity contribution in [2.75, 3.05) is 20.0 Å². The van der Waals surface area contributed by atoms with Gasteiger partial charge in [0.15, 0.2) is 17.5 Å². The van der Waals surface area contributed by atoms with E-state index in [1.807, 2.05) is 68.4 Å². The van der Waals surface area contributed by atoms with E-state index in [0.29, 0.717) is 27.4 Å². The minimum Gasteiger partial charge on any atom is -0.857 e. The highest BCUT2D eigenvalue weighted by Crippen LogP contribution is 2.43. The van der Waals surface area contributed by atoms with Gasteiger partial charge in [0.1, 0.15) is 4.83 Å². The molecule has 3 aromatic heterocycles. The van der Waals surface area contributed by atoms with Crippen LogP contribution in [0.2, 0.25) is 0 Å². The van der Waals surface area contributed by atoms with Gasteiger partial charge in [0, 0.05) is 16.8 Å². The number of methoxy groups -OCH3 is 2. The van der Waals surface area contributed by atoms with Gasteiger partial charge < -0.3 is 20.3 Å². The number of pyridine rings is 1. The maximum atomic E-state index is 13.2. The summed E-state index contributed by atoms with van der Waals surface area (Å²) < 4.78 is 17.7. The summed E-state index contributed by atoms with van der Waals surface area (Å²) in [5.74, 6) is 0.772. The first-order valence-electron chi connectivity index (χ1n) is 11.5. The lowest BCUT2D eigenvalue weighted by molar-refractivity contribution is -0.779. The van der Waals surface area contributed by atoms with Crippen LogP contribution in [0.4, 0.5) is 11.6 Å². The number of nitrogens with two attached hydrogens (primary N) is 1. The van der Waals surface area contributed by atoms with Crippen molar-refractivity contribution in [2.45, 2.75) is 19.9 Å². The molecular formula is C27H25N5O4S. The summed E-state index contributed by atoms with van der Waals surface area (Å²) in [6, 6.07) is 17.5. The van der Waals surface area contributed by atoms with E-state index < -0.39 is 5.90 Å². The lowest BCUT2D eigenvalue weighted by atomic mass is 9.99. The second-order valence-corrected chi connectivity index (χ2v) is 9.55. The zero-order valence-corrected chi connectivity index (χ0v) is 21.6. The third kappa shape index (κ3) is 4.58. The molecule has 188 valence electrons. The average Bonchev–Trinajstić information content (AvgIpc) is 3.53. The summed E-state index contributed by atoms with van der Waals surface area (Å²) in [6.45, 7) is 3.90. The van der Waals surface area contributed by atoms with Gasteiger partial charge in [-0.05, 0) is 47.9 Å². The number of hydrogen-bond donors (Lipinski definition) is 1. The number of anilines is 1. The number of ether oxygens (including phenoxy) is 2. The predicted molar refractivity (Wildman–Crippen MR) is 141 cm³/mol. The summed E-state index contributed by atoms with van der Waals surface area (Å²) in [5, 5.41) is 17.7.